The van der Waals surface area contributed by atoms with Crippen molar-refractivity contribution in [3.63, 3.8) is 0 Å². The van der Waals surface area contributed by atoms with E-state index >= 15 is 0 Å². The number of aliphatic hydroxyl groups is 1. The summed E-state index contributed by atoms with van der Waals surface area (Å²) < 4.78 is 4.60. The number of thioether (sulfide) groups is 1. The van der Waals surface area contributed by atoms with E-state index in [-0.39, 0.29) is 41.1 Å². The average molecular weight is 561 g/mol. The molecule has 0 radical (unpaired) electrons. The van der Waals surface area contributed by atoms with Crippen LogP contribution in [0.1, 0.15) is 26.7 Å². The molecule has 1 spiro atoms. The van der Waals surface area contributed by atoms with Gasteiger partial charge in [0.1, 0.15) is 6.04 Å². The van der Waals surface area contributed by atoms with E-state index in [0.29, 0.717) is 18.5 Å². The number of carbonyl (C=O) groups excluding carboxylic acids is 3. The molecule has 7 atom stereocenters. The summed E-state index contributed by atoms with van der Waals surface area (Å²) in [6.07, 6.45) is 1.09. The monoisotopic (exact) mass is 560 g/mol. The Morgan fingerprint density at radius 3 is 2.69 bits per heavy atom. The maximum absolute atomic E-state index is 13.9. The summed E-state index contributed by atoms with van der Waals surface area (Å²) in [6.45, 7) is 3.62. The van der Waals surface area contributed by atoms with Gasteiger partial charge in [-0.2, -0.15) is 0 Å². The van der Waals surface area contributed by atoms with Gasteiger partial charge in [0.25, 0.3) is 0 Å². The number of fused-ring (bicyclic) bond motifs is 2. The molecule has 5 rings (SSSR count). The Bertz CT molecular complexity index is 1170. The zero-order chi connectivity index (χ0) is 24.9. The molecule has 3 fully saturated rings. The van der Waals surface area contributed by atoms with E-state index in [1.165, 1.54) is 0 Å². The van der Waals surface area contributed by atoms with Gasteiger partial charge in [0.15, 0.2) is 0 Å². The SMILES string of the molecule is CCOC(=O)[C@H]1[C@H]2C(=O)N([C@@H](CC)CO)C(C(=O)Nc3ccc4ccccc4c3)C23CC(Br)[C@@H]1S3. The number of nitrogens with one attached hydrogen (secondary N) is 1. The summed E-state index contributed by atoms with van der Waals surface area (Å²) in [6, 6.07) is 12.3. The van der Waals surface area contributed by atoms with E-state index in [1.807, 2.05) is 49.4 Å². The molecule has 0 aromatic heterocycles. The number of likely N-dealkylation sites (tertiary alicyclic amines) is 1. The molecule has 186 valence electrons. The van der Waals surface area contributed by atoms with Gasteiger partial charge < -0.3 is 20.1 Å². The maximum Gasteiger partial charge on any atom is 0.310 e. The number of alkyl halides is 1. The number of benzene rings is 2. The van der Waals surface area contributed by atoms with Crippen molar-refractivity contribution in [3.8, 4) is 0 Å². The van der Waals surface area contributed by atoms with E-state index in [4.69, 9.17) is 4.74 Å². The van der Waals surface area contributed by atoms with Crippen LogP contribution in [0.5, 0.6) is 0 Å². The molecule has 0 saturated carbocycles. The Kier molecular flexibility index (Phi) is 6.61. The minimum atomic E-state index is -0.807. The van der Waals surface area contributed by atoms with Gasteiger partial charge in [0, 0.05) is 15.8 Å². The second kappa shape index (κ2) is 9.41. The molecular weight excluding hydrogens is 532 g/mol. The molecule has 3 aliphatic heterocycles. The van der Waals surface area contributed by atoms with Gasteiger partial charge in [-0.15, -0.1) is 11.8 Å². The van der Waals surface area contributed by atoms with Crippen LogP contribution in [-0.2, 0) is 19.1 Å². The molecular formula is C26H29BrN2O5S. The highest BCUT2D eigenvalue weighted by Crippen LogP contribution is 2.68. The van der Waals surface area contributed by atoms with Gasteiger partial charge in [-0.25, -0.2) is 0 Å². The highest BCUT2D eigenvalue weighted by molar-refractivity contribution is 9.09. The van der Waals surface area contributed by atoms with Crippen LogP contribution in [0, 0.1) is 11.8 Å². The number of nitrogens with zero attached hydrogens (tertiary/aromatic N) is 1. The number of hydrogen-bond acceptors (Lipinski definition) is 6. The normalized spacial score (nSPS) is 32.1. The highest BCUT2D eigenvalue weighted by atomic mass is 79.9. The number of esters is 1. The van der Waals surface area contributed by atoms with Crippen molar-refractivity contribution >= 4 is 61.9 Å². The minimum Gasteiger partial charge on any atom is -0.466 e. The largest absolute Gasteiger partial charge is 0.466 e. The second-order valence-corrected chi connectivity index (χ2v) is 12.2. The van der Waals surface area contributed by atoms with Crippen LogP contribution in [0.25, 0.3) is 10.8 Å². The molecule has 2 aromatic carbocycles. The lowest BCUT2D eigenvalue weighted by atomic mass is 9.71. The number of amides is 2. The topological polar surface area (TPSA) is 95.9 Å². The Morgan fingerprint density at radius 2 is 2.00 bits per heavy atom. The molecule has 7 nitrogen and oxygen atoms in total. The molecule has 2 bridgehead atoms. The van der Waals surface area contributed by atoms with Crippen LogP contribution in [0.4, 0.5) is 5.69 Å². The zero-order valence-electron chi connectivity index (χ0n) is 19.6. The van der Waals surface area contributed by atoms with Crippen LogP contribution in [0.2, 0.25) is 0 Å². The summed E-state index contributed by atoms with van der Waals surface area (Å²) in [4.78, 5) is 42.4. The van der Waals surface area contributed by atoms with Gasteiger partial charge >= 0.3 is 5.97 Å². The summed E-state index contributed by atoms with van der Waals surface area (Å²) in [5.74, 6) is -2.19. The first-order valence-electron chi connectivity index (χ1n) is 12.1. The molecule has 2 aromatic rings. The molecule has 3 unspecified atom stereocenters. The van der Waals surface area contributed by atoms with Crippen molar-refractivity contribution in [1.29, 1.82) is 0 Å². The predicted molar refractivity (Wildman–Crippen MR) is 139 cm³/mol. The first-order valence-corrected chi connectivity index (χ1v) is 13.9. The first kappa shape index (κ1) is 24.6. The minimum absolute atomic E-state index is 0.0175. The lowest BCUT2D eigenvalue weighted by molar-refractivity contribution is -0.154. The van der Waals surface area contributed by atoms with Gasteiger partial charge in [-0.3, -0.25) is 14.4 Å². The molecule has 3 heterocycles. The third-order valence-electron chi connectivity index (χ3n) is 7.63. The Hall–Kier alpha value is -2.10. The zero-order valence-corrected chi connectivity index (χ0v) is 22.1. The lowest BCUT2D eigenvalue weighted by Gasteiger charge is -2.37. The fourth-order valence-electron chi connectivity index (χ4n) is 6.16. The molecule has 35 heavy (non-hydrogen) atoms. The van der Waals surface area contributed by atoms with Gasteiger partial charge in [-0.1, -0.05) is 53.2 Å². The van der Waals surface area contributed by atoms with Crippen LogP contribution < -0.4 is 5.32 Å². The third-order valence-corrected chi connectivity index (χ3v) is 10.8. The lowest BCUT2D eigenvalue weighted by Crippen LogP contribution is -2.55. The fourth-order valence-corrected chi connectivity index (χ4v) is 9.75. The Balaban J connectivity index is 1.54. The fraction of sp³-hybridized carbons (Fsp3) is 0.500. The molecule has 3 saturated heterocycles. The van der Waals surface area contributed by atoms with Crippen LogP contribution in [-0.4, -0.2) is 67.9 Å². The van der Waals surface area contributed by atoms with E-state index in [9.17, 15) is 19.5 Å². The van der Waals surface area contributed by atoms with Gasteiger partial charge in [-0.05, 0) is 42.7 Å². The van der Waals surface area contributed by atoms with E-state index < -0.39 is 28.7 Å². The predicted octanol–water partition coefficient (Wildman–Crippen LogP) is 3.58. The average Bonchev–Trinajstić information content (AvgIpc) is 3.44. The Morgan fingerprint density at radius 1 is 1.26 bits per heavy atom. The quantitative estimate of drug-likeness (QED) is 0.397. The van der Waals surface area contributed by atoms with Crippen LogP contribution in [0.15, 0.2) is 42.5 Å². The molecule has 9 heteroatoms. The van der Waals surface area contributed by atoms with Crippen LogP contribution in [0.3, 0.4) is 0 Å². The summed E-state index contributed by atoms with van der Waals surface area (Å²) in [5.41, 5.74) is 0.646. The van der Waals surface area contributed by atoms with Crippen molar-refractivity contribution in [2.24, 2.45) is 11.8 Å². The number of carbonyl (C=O) groups is 3. The van der Waals surface area contributed by atoms with E-state index in [2.05, 4.69) is 21.2 Å². The molecule has 0 aliphatic carbocycles. The first-order chi connectivity index (χ1) is 16.9. The summed E-state index contributed by atoms with van der Waals surface area (Å²) in [5, 5.41) is 15.1. The smallest absolute Gasteiger partial charge is 0.310 e. The van der Waals surface area contributed by atoms with E-state index in [0.717, 1.165) is 10.8 Å². The second-order valence-electron chi connectivity index (χ2n) is 9.46. The number of rotatable bonds is 7. The van der Waals surface area contributed by atoms with Crippen molar-refractivity contribution in [2.75, 3.05) is 18.5 Å². The molecule has 2 N–H and O–H groups in total. The van der Waals surface area contributed by atoms with Crippen molar-refractivity contribution in [3.05, 3.63) is 42.5 Å². The number of halogens is 1. The summed E-state index contributed by atoms with van der Waals surface area (Å²) in [7, 11) is 0. The number of hydrogen-bond donors (Lipinski definition) is 2. The maximum atomic E-state index is 13.9. The Labute approximate surface area is 217 Å². The van der Waals surface area contributed by atoms with Crippen molar-refractivity contribution in [2.45, 2.75) is 53.6 Å². The summed E-state index contributed by atoms with van der Waals surface area (Å²) >= 11 is 5.29. The van der Waals surface area contributed by atoms with Crippen molar-refractivity contribution < 1.29 is 24.2 Å². The molecule has 3 aliphatic rings. The van der Waals surface area contributed by atoms with Crippen LogP contribution >= 0.6 is 27.7 Å². The van der Waals surface area contributed by atoms with Gasteiger partial charge in [0.2, 0.25) is 11.8 Å². The highest BCUT2D eigenvalue weighted by Gasteiger charge is 2.76. The number of anilines is 1. The third kappa shape index (κ3) is 3.78. The van der Waals surface area contributed by atoms with E-state index in [1.54, 1.807) is 23.6 Å². The molecule has 2 amide bonds. The standard InChI is InChI=1S/C26H29BrN2O5S/c1-3-17(13-30)29-22(23(31)28-16-10-9-14-7-5-6-8-15(14)11-16)26-12-18(27)21(35-26)19(20(26)24(29)32)25(33)34-4-2/h5-11,17-22,30H,3-4,12-13H2,1-2H3,(H,28,31)/t17-,18?,19-,20-,21-,22?,26?/m0/s1. The van der Waals surface area contributed by atoms with Crippen molar-refractivity contribution in [1.82, 2.24) is 4.90 Å². The van der Waals surface area contributed by atoms with Gasteiger partial charge in [0.05, 0.1) is 35.8 Å². The number of aliphatic hydroxyl groups excluding tert-OH is 1. The number of ether oxygens (including phenoxy) is 1.